The van der Waals surface area contributed by atoms with Gasteiger partial charge in [0.2, 0.25) is 0 Å². The van der Waals surface area contributed by atoms with E-state index >= 15 is 0 Å². The Morgan fingerprint density at radius 1 is 1.40 bits per heavy atom. The molecule has 2 nitrogen and oxygen atoms in total. The molecule has 0 spiro atoms. The Balaban J connectivity index is 2.53. The third kappa shape index (κ3) is 1.38. The van der Waals surface area contributed by atoms with Crippen molar-refractivity contribution in [2.75, 3.05) is 0 Å². The van der Waals surface area contributed by atoms with Gasteiger partial charge in [-0.25, -0.2) is 0 Å². The zero-order valence-electron chi connectivity index (χ0n) is 5.92. The van der Waals surface area contributed by atoms with Gasteiger partial charge in [-0.3, -0.25) is 4.79 Å². The van der Waals surface area contributed by atoms with E-state index < -0.39 is 0 Å². The lowest BCUT2D eigenvalue weighted by atomic mass is 10.0. The van der Waals surface area contributed by atoms with E-state index in [2.05, 4.69) is 0 Å². The molecule has 0 radical (unpaired) electrons. The van der Waals surface area contributed by atoms with Crippen molar-refractivity contribution in [3.63, 3.8) is 0 Å². The lowest BCUT2D eigenvalue weighted by molar-refractivity contribution is -0.105. The molecule has 1 N–H and O–H groups in total. The zero-order chi connectivity index (χ0) is 7.40. The van der Waals surface area contributed by atoms with Gasteiger partial charge >= 0.3 is 0 Å². The van der Waals surface area contributed by atoms with Crippen LogP contribution in [0.2, 0.25) is 0 Å². The number of carbonyl (C=O) groups is 1. The quantitative estimate of drug-likeness (QED) is 0.361. The number of allylic oxidation sites excluding steroid dienone is 1. The molecule has 2 heteroatoms. The minimum atomic E-state index is 0.336. The van der Waals surface area contributed by atoms with Gasteiger partial charge in [0.05, 0.1) is 6.26 Å². The van der Waals surface area contributed by atoms with E-state index in [1.54, 1.807) is 0 Å². The Kier molecular flexibility index (Phi) is 2.49. The number of aldehydes is 1. The second kappa shape index (κ2) is 3.40. The molecule has 0 bridgehead atoms. The van der Waals surface area contributed by atoms with Gasteiger partial charge in [0.25, 0.3) is 0 Å². The molecule has 56 valence electrons. The van der Waals surface area contributed by atoms with Crippen LogP contribution in [0, 0.1) is 5.92 Å². The summed E-state index contributed by atoms with van der Waals surface area (Å²) in [5.41, 5.74) is 0.567. The van der Waals surface area contributed by atoms with Crippen LogP contribution in [0.1, 0.15) is 25.7 Å². The Labute approximate surface area is 60.6 Å². The SMILES string of the molecule is O=C/C(=C/O)C1CCCC1. The highest BCUT2D eigenvalue weighted by molar-refractivity contribution is 5.73. The van der Waals surface area contributed by atoms with Crippen LogP contribution in [-0.4, -0.2) is 11.4 Å². The second-order valence-electron chi connectivity index (χ2n) is 2.73. The molecular weight excluding hydrogens is 128 g/mol. The van der Waals surface area contributed by atoms with Crippen LogP contribution in [0.25, 0.3) is 0 Å². The molecule has 1 rings (SSSR count). The van der Waals surface area contributed by atoms with Crippen LogP contribution < -0.4 is 0 Å². The van der Waals surface area contributed by atoms with Crippen molar-refractivity contribution in [2.45, 2.75) is 25.7 Å². The molecule has 1 aliphatic rings. The predicted molar refractivity (Wildman–Crippen MR) is 38.7 cm³/mol. The van der Waals surface area contributed by atoms with Gasteiger partial charge in [0.1, 0.15) is 6.29 Å². The molecule has 0 atom stereocenters. The third-order valence-electron chi connectivity index (χ3n) is 2.11. The number of rotatable bonds is 2. The molecule has 0 aliphatic heterocycles. The predicted octanol–water partition coefficient (Wildman–Crippen LogP) is 1.82. The Bertz CT molecular complexity index is 143. The smallest absolute Gasteiger partial charge is 0.149 e. The molecule has 0 aromatic heterocycles. The summed E-state index contributed by atoms with van der Waals surface area (Å²) in [6.45, 7) is 0. The minimum Gasteiger partial charge on any atom is -0.515 e. The van der Waals surface area contributed by atoms with Crippen molar-refractivity contribution in [3.05, 3.63) is 11.8 Å². The summed E-state index contributed by atoms with van der Waals surface area (Å²) in [4.78, 5) is 10.3. The first kappa shape index (κ1) is 7.32. The van der Waals surface area contributed by atoms with E-state index in [0.717, 1.165) is 25.4 Å². The van der Waals surface area contributed by atoms with E-state index in [4.69, 9.17) is 5.11 Å². The molecular formula is C8H12O2. The molecule has 0 aromatic carbocycles. The highest BCUT2D eigenvalue weighted by Crippen LogP contribution is 2.29. The van der Waals surface area contributed by atoms with Gasteiger partial charge in [-0.05, 0) is 18.8 Å². The van der Waals surface area contributed by atoms with Crippen LogP contribution in [0.3, 0.4) is 0 Å². The molecule has 0 heterocycles. The standard InChI is InChI=1S/C8H12O2/c9-5-8(6-10)7-3-1-2-4-7/h5-7,9H,1-4H2/b8-5-. The molecule has 0 amide bonds. The fourth-order valence-corrected chi connectivity index (χ4v) is 1.49. The maximum Gasteiger partial charge on any atom is 0.149 e. The lowest BCUT2D eigenvalue weighted by Gasteiger charge is -2.04. The zero-order valence-corrected chi connectivity index (χ0v) is 5.92. The van der Waals surface area contributed by atoms with Crippen molar-refractivity contribution in [1.29, 1.82) is 0 Å². The maximum absolute atomic E-state index is 10.3. The van der Waals surface area contributed by atoms with Crippen molar-refractivity contribution in [3.8, 4) is 0 Å². The number of aliphatic hydroxyl groups excluding tert-OH is 1. The second-order valence-corrected chi connectivity index (χ2v) is 2.73. The third-order valence-corrected chi connectivity index (χ3v) is 2.11. The first-order valence-corrected chi connectivity index (χ1v) is 3.68. The van der Waals surface area contributed by atoms with E-state index in [1.807, 2.05) is 0 Å². The van der Waals surface area contributed by atoms with Crippen LogP contribution in [0.15, 0.2) is 11.8 Å². The van der Waals surface area contributed by atoms with Crippen LogP contribution in [-0.2, 0) is 4.79 Å². The summed E-state index contributed by atoms with van der Waals surface area (Å²) < 4.78 is 0. The van der Waals surface area contributed by atoms with Gasteiger partial charge in [-0.1, -0.05) is 12.8 Å². The summed E-state index contributed by atoms with van der Waals surface area (Å²) in [5, 5.41) is 8.59. The van der Waals surface area contributed by atoms with Crippen LogP contribution in [0.5, 0.6) is 0 Å². The van der Waals surface area contributed by atoms with E-state index in [0.29, 0.717) is 11.5 Å². The number of carbonyl (C=O) groups excluding carboxylic acids is 1. The molecule has 1 aliphatic carbocycles. The number of aliphatic hydroxyl groups is 1. The fourth-order valence-electron chi connectivity index (χ4n) is 1.49. The highest BCUT2D eigenvalue weighted by Gasteiger charge is 2.18. The first-order chi connectivity index (χ1) is 4.88. The van der Waals surface area contributed by atoms with Crippen molar-refractivity contribution in [1.82, 2.24) is 0 Å². The van der Waals surface area contributed by atoms with Gasteiger partial charge in [-0.15, -0.1) is 0 Å². The fraction of sp³-hybridized carbons (Fsp3) is 0.625. The van der Waals surface area contributed by atoms with Crippen LogP contribution in [0.4, 0.5) is 0 Å². The number of hydrogen-bond donors (Lipinski definition) is 1. The molecule has 0 saturated heterocycles. The Morgan fingerprint density at radius 3 is 2.40 bits per heavy atom. The van der Waals surface area contributed by atoms with E-state index in [9.17, 15) is 4.79 Å². The average Bonchev–Trinajstić information content (AvgIpc) is 2.43. The molecule has 10 heavy (non-hydrogen) atoms. The summed E-state index contributed by atoms with van der Waals surface area (Å²) in [6, 6.07) is 0. The summed E-state index contributed by atoms with van der Waals surface area (Å²) in [5.74, 6) is 0.336. The highest BCUT2D eigenvalue weighted by atomic mass is 16.2. The largest absolute Gasteiger partial charge is 0.515 e. The monoisotopic (exact) mass is 140 g/mol. The van der Waals surface area contributed by atoms with Crippen LogP contribution >= 0.6 is 0 Å². The molecule has 0 unspecified atom stereocenters. The van der Waals surface area contributed by atoms with Gasteiger partial charge in [-0.2, -0.15) is 0 Å². The summed E-state index contributed by atoms with van der Waals surface area (Å²) >= 11 is 0. The Hall–Kier alpha value is -0.790. The number of hydrogen-bond acceptors (Lipinski definition) is 2. The van der Waals surface area contributed by atoms with E-state index in [-0.39, 0.29) is 0 Å². The topological polar surface area (TPSA) is 37.3 Å². The van der Waals surface area contributed by atoms with Crippen molar-refractivity contribution >= 4 is 6.29 Å². The summed E-state index contributed by atoms with van der Waals surface area (Å²) in [7, 11) is 0. The Morgan fingerprint density at radius 2 is 2.00 bits per heavy atom. The van der Waals surface area contributed by atoms with E-state index in [1.165, 1.54) is 12.8 Å². The van der Waals surface area contributed by atoms with Crippen molar-refractivity contribution < 1.29 is 9.90 Å². The maximum atomic E-state index is 10.3. The van der Waals surface area contributed by atoms with Gasteiger partial charge < -0.3 is 5.11 Å². The van der Waals surface area contributed by atoms with Gasteiger partial charge in [0.15, 0.2) is 0 Å². The van der Waals surface area contributed by atoms with Gasteiger partial charge in [0, 0.05) is 5.57 Å². The lowest BCUT2D eigenvalue weighted by Crippen LogP contribution is -1.99. The average molecular weight is 140 g/mol. The normalized spacial score (nSPS) is 21.4. The first-order valence-electron chi connectivity index (χ1n) is 3.68. The molecule has 1 saturated carbocycles. The van der Waals surface area contributed by atoms with Crippen molar-refractivity contribution in [2.24, 2.45) is 5.92 Å². The molecule has 1 fully saturated rings. The summed E-state index contributed by atoms with van der Waals surface area (Å²) in [6.07, 6.45) is 6.21. The minimum absolute atomic E-state index is 0.336. The molecule has 0 aromatic rings.